The number of rotatable bonds is 6. The van der Waals surface area contributed by atoms with Crippen molar-refractivity contribution < 1.29 is 14.4 Å². The van der Waals surface area contributed by atoms with Gasteiger partial charge in [-0.25, -0.2) is 4.98 Å². The molecule has 3 rings (SSSR count). The van der Waals surface area contributed by atoms with Gasteiger partial charge in [-0.05, 0) is 24.5 Å². The topological polar surface area (TPSA) is 87.0 Å². The van der Waals surface area contributed by atoms with Crippen LogP contribution in [0.4, 0.5) is 0 Å². The number of carbonyl (C=O) groups excluding carboxylic acids is 3. The van der Waals surface area contributed by atoms with Crippen LogP contribution < -0.4 is 5.32 Å². The molecule has 8 nitrogen and oxygen atoms in total. The third kappa shape index (κ3) is 4.10. The van der Waals surface area contributed by atoms with Crippen molar-refractivity contribution in [1.29, 1.82) is 0 Å². The average Bonchev–Trinajstić information content (AvgIpc) is 3.07. The van der Waals surface area contributed by atoms with E-state index in [0.29, 0.717) is 44.2 Å². The highest BCUT2D eigenvalue weighted by Crippen LogP contribution is 2.16. The smallest absolute Gasteiger partial charge is 0.287 e. The van der Waals surface area contributed by atoms with Gasteiger partial charge in [0.05, 0.1) is 5.52 Å². The predicted octanol–water partition coefficient (Wildman–Crippen LogP) is 1.02. The predicted molar refractivity (Wildman–Crippen MR) is 101 cm³/mol. The number of nitrogens with one attached hydrogen (secondary N) is 1. The van der Waals surface area contributed by atoms with E-state index in [1.165, 1.54) is 0 Å². The number of carbonyl (C=O) groups is 3. The highest BCUT2D eigenvalue weighted by atomic mass is 16.2. The lowest BCUT2D eigenvalue weighted by molar-refractivity contribution is -0.119. The first-order valence-corrected chi connectivity index (χ1v) is 9.25. The molecule has 0 aromatic carbocycles. The van der Waals surface area contributed by atoms with Gasteiger partial charge in [-0.2, -0.15) is 0 Å². The van der Waals surface area contributed by atoms with E-state index in [2.05, 4.69) is 24.1 Å². The minimum Gasteiger partial charge on any atom is -0.349 e. The van der Waals surface area contributed by atoms with Crippen molar-refractivity contribution in [3.8, 4) is 0 Å². The van der Waals surface area contributed by atoms with Gasteiger partial charge >= 0.3 is 0 Å². The maximum Gasteiger partial charge on any atom is 0.287 e. The second-order valence-corrected chi connectivity index (χ2v) is 7.11. The van der Waals surface area contributed by atoms with Gasteiger partial charge in [-0.15, -0.1) is 0 Å². The fourth-order valence-corrected chi connectivity index (χ4v) is 3.09. The molecule has 2 aromatic rings. The molecule has 1 N–H and O–H groups in total. The van der Waals surface area contributed by atoms with Crippen LogP contribution in [0.3, 0.4) is 0 Å². The van der Waals surface area contributed by atoms with Crippen LogP contribution >= 0.6 is 0 Å². The fourth-order valence-electron chi connectivity index (χ4n) is 3.09. The van der Waals surface area contributed by atoms with Crippen molar-refractivity contribution in [3.05, 3.63) is 35.9 Å². The number of aromatic nitrogens is 2. The zero-order valence-electron chi connectivity index (χ0n) is 15.7. The van der Waals surface area contributed by atoms with Crippen molar-refractivity contribution >= 4 is 23.7 Å². The highest BCUT2D eigenvalue weighted by Gasteiger charge is 2.27. The SMILES string of the molecule is CC(C)CCNC(=O)c1nc(C(=O)N2CCN(C=O)CC2)c2ccccn12. The summed E-state index contributed by atoms with van der Waals surface area (Å²) in [4.78, 5) is 44.1. The van der Waals surface area contributed by atoms with E-state index in [4.69, 9.17) is 0 Å². The second kappa shape index (κ2) is 8.20. The minimum atomic E-state index is -0.290. The van der Waals surface area contributed by atoms with Gasteiger partial charge < -0.3 is 15.1 Å². The zero-order valence-corrected chi connectivity index (χ0v) is 15.7. The van der Waals surface area contributed by atoms with Crippen molar-refractivity contribution in [2.24, 2.45) is 5.92 Å². The first kappa shape index (κ1) is 18.9. The third-order valence-corrected chi connectivity index (χ3v) is 4.71. The Morgan fingerprint density at radius 3 is 2.63 bits per heavy atom. The molecule has 0 bridgehead atoms. The van der Waals surface area contributed by atoms with E-state index in [-0.39, 0.29) is 23.3 Å². The molecule has 2 aromatic heterocycles. The first-order chi connectivity index (χ1) is 13.0. The van der Waals surface area contributed by atoms with E-state index >= 15 is 0 Å². The molecule has 0 saturated carbocycles. The number of pyridine rings is 1. The van der Waals surface area contributed by atoms with E-state index < -0.39 is 0 Å². The molecule has 0 unspecified atom stereocenters. The van der Waals surface area contributed by atoms with Crippen molar-refractivity contribution in [3.63, 3.8) is 0 Å². The lowest BCUT2D eigenvalue weighted by atomic mass is 10.1. The molecular weight excluding hydrogens is 346 g/mol. The number of amides is 3. The Balaban J connectivity index is 1.83. The zero-order chi connectivity index (χ0) is 19.4. The molecule has 0 spiro atoms. The summed E-state index contributed by atoms with van der Waals surface area (Å²) in [6.45, 7) is 6.68. The number of hydrogen-bond donors (Lipinski definition) is 1. The largest absolute Gasteiger partial charge is 0.349 e. The Morgan fingerprint density at radius 2 is 1.96 bits per heavy atom. The molecule has 1 aliphatic rings. The van der Waals surface area contributed by atoms with E-state index in [1.54, 1.807) is 32.5 Å². The minimum absolute atomic E-state index is 0.212. The number of fused-ring (bicyclic) bond motifs is 1. The van der Waals surface area contributed by atoms with Crippen molar-refractivity contribution in [1.82, 2.24) is 24.5 Å². The molecule has 1 saturated heterocycles. The first-order valence-electron chi connectivity index (χ1n) is 9.25. The highest BCUT2D eigenvalue weighted by molar-refractivity contribution is 6.02. The van der Waals surface area contributed by atoms with Crippen LogP contribution in [0.5, 0.6) is 0 Å². The maximum absolute atomic E-state index is 13.0. The van der Waals surface area contributed by atoms with Crippen LogP contribution in [0, 0.1) is 5.92 Å². The molecule has 0 aliphatic carbocycles. The van der Waals surface area contributed by atoms with E-state index in [9.17, 15) is 14.4 Å². The second-order valence-electron chi connectivity index (χ2n) is 7.11. The van der Waals surface area contributed by atoms with Gasteiger partial charge in [0.25, 0.3) is 11.8 Å². The van der Waals surface area contributed by atoms with Gasteiger partial charge in [0.1, 0.15) is 0 Å². The third-order valence-electron chi connectivity index (χ3n) is 4.71. The van der Waals surface area contributed by atoms with Crippen LogP contribution in [0.1, 0.15) is 41.4 Å². The Bertz CT molecular complexity index is 837. The molecule has 3 amide bonds. The van der Waals surface area contributed by atoms with Gasteiger partial charge in [-0.3, -0.25) is 18.8 Å². The summed E-state index contributed by atoms with van der Waals surface area (Å²) >= 11 is 0. The maximum atomic E-state index is 13.0. The molecule has 8 heteroatoms. The van der Waals surface area contributed by atoms with Gasteiger partial charge in [0, 0.05) is 38.9 Å². The van der Waals surface area contributed by atoms with E-state index in [1.807, 2.05) is 6.07 Å². The standard InChI is InChI=1S/C19H25N5O3/c1-14(2)6-7-20-18(26)17-21-16(15-5-3-4-8-24(15)17)19(27)23-11-9-22(13-25)10-12-23/h3-5,8,13-14H,6-7,9-12H2,1-2H3,(H,20,26). The molecule has 0 atom stereocenters. The number of piperazine rings is 1. The quantitative estimate of drug-likeness (QED) is 0.768. The lowest BCUT2D eigenvalue weighted by Gasteiger charge is -2.32. The van der Waals surface area contributed by atoms with Gasteiger partial charge in [0.15, 0.2) is 5.69 Å². The molecular formula is C19H25N5O3. The summed E-state index contributed by atoms with van der Waals surface area (Å²) < 4.78 is 1.65. The molecule has 0 radical (unpaired) electrons. The normalized spacial score (nSPS) is 14.6. The number of nitrogens with zero attached hydrogens (tertiary/aromatic N) is 4. The molecule has 1 aliphatic heterocycles. The van der Waals surface area contributed by atoms with E-state index in [0.717, 1.165) is 12.8 Å². The Hall–Kier alpha value is -2.90. The monoisotopic (exact) mass is 371 g/mol. The van der Waals surface area contributed by atoms with Gasteiger partial charge in [-0.1, -0.05) is 19.9 Å². The Kier molecular flexibility index (Phi) is 5.73. The summed E-state index contributed by atoms with van der Waals surface area (Å²) in [6.07, 6.45) is 3.41. The lowest BCUT2D eigenvalue weighted by Crippen LogP contribution is -2.48. The summed E-state index contributed by atoms with van der Waals surface area (Å²) in [5, 5.41) is 2.87. The summed E-state index contributed by atoms with van der Waals surface area (Å²) in [7, 11) is 0. The molecule has 3 heterocycles. The summed E-state index contributed by atoms with van der Waals surface area (Å²) in [5.74, 6) is 0.195. The Labute approximate surface area is 158 Å². The molecule has 144 valence electrons. The van der Waals surface area contributed by atoms with Crippen molar-refractivity contribution in [2.75, 3.05) is 32.7 Å². The molecule has 27 heavy (non-hydrogen) atoms. The average molecular weight is 371 g/mol. The Morgan fingerprint density at radius 1 is 1.22 bits per heavy atom. The van der Waals surface area contributed by atoms with Crippen LogP contribution in [0.15, 0.2) is 24.4 Å². The van der Waals surface area contributed by atoms with Gasteiger partial charge in [0.2, 0.25) is 12.2 Å². The number of imidazole rings is 1. The van der Waals surface area contributed by atoms with Crippen LogP contribution in [-0.4, -0.2) is 70.1 Å². The molecule has 1 fully saturated rings. The van der Waals surface area contributed by atoms with Crippen LogP contribution in [0.25, 0.3) is 5.52 Å². The summed E-state index contributed by atoms with van der Waals surface area (Å²) in [6, 6.07) is 5.40. The van der Waals surface area contributed by atoms with Crippen LogP contribution in [0.2, 0.25) is 0 Å². The number of hydrogen-bond acceptors (Lipinski definition) is 4. The van der Waals surface area contributed by atoms with Crippen molar-refractivity contribution in [2.45, 2.75) is 20.3 Å². The summed E-state index contributed by atoms with van der Waals surface area (Å²) in [5.41, 5.74) is 0.874. The fraction of sp³-hybridized carbons (Fsp3) is 0.474. The van der Waals surface area contributed by atoms with Crippen LogP contribution in [-0.2, 0) is 4.79 Å².